The van der Waals surface area contributed by atoms with Crippen LogP contribution in [-0.2, 0) is 10.8 Å². The number of hydrogen-bond acceptors (Lipinski definition) is 3. The summed E-state index contributed by atoms with van der Waals surface area (Å²) in [5, 5.41) is 4.50. The van der Waals surface area contributed by atoms with Gasteiger partial charge in [0.2, 0.25) is 0 Å². The van der Waals surface area contributed by atoms with Gasteiger partial charge < -0.3 is 5.32 Å². The molecule has 0 bridgehead atoms. The van der Waals surface area contributed by atoms with Crippen LogP contribution >= 0.6 is 12.6 Å². The molecule has 0 spiro atoms. The first-order valence-electron chi connectivity index (χ1n) is 2.51. The van der Waals surface area contributed by atoms with Crippen molar-refractivity contribution in [2.45, 2.75) is 0 Å². The number of rotatable bonds is 3. The zero-order valence-corrected chi connectivity index (χ0v) is 7.26. The van der Waals surface area contributed by atoms with Gasteiger partial charge in [-0.3, -0.25) is 4.21 Å². The molecule has 0 aromatic heterocycles. The first-order chi connectivity index (χ1) is 4.20. The number of hydrogen-bond donors (Lipinski definition) is 2. The normalized spacial score (nSPS) is 15.2. The lowest BCUT2D eigenvalue weighted by atomic mass is 10.6. The molecule has 1 unspecified atom stereocenters. The Balaban J connectivity index is 3.71. The third-order valence-corrected chi connectivity index (χ3v) is 1.86. The number of nitrogens with one attached hydrogen (secondary N) is 1. The Labute approximate surface area is 63.6 Å². The van der Waals surface area contributed by atoms with Crippen molar-refractivity contribution in [2.75, 3.05) is 19.1 Å². The van der Waals surface area contributed by atoms with Crippen molar-refractivity contribution >= 4 is 23.4 Å². The van der Waals surface area contributed by atoms with Crippen LogP contribution in [0.25, 0.3) is 0 Å². The van der Waals surface area contributed by atoms with Gasteiger partial charge in [-0.2, -0.15) is 0 Å². The Hall–Kier alpha value is 0.0400. The van der Waals surface area contributed by atoms with Gasteiger partial charge in [0.1, 0.15) is 0 Å². The first-order valence-corrected chi connectivity index (χ1v) is 4.76. The summed E-state index contributed by atoms with van der Waals surface area (Å²) < 4.78 is 10.6. The van der Waals surface area contributed by atoms with Gasteiger partial charge in [0, 0.05) is 29.8 Å². The highest BCUT2D eigenvalue weighted by Gasteiger charge is 1.93. The second-order valence-electron chi connectivity index (χ2n) is 1.62. The van der Waals surface area contributed by atoms with Gasteiger partial charge in [0.15, 0.2) is 0 Å². The van der Waals surface area contributed by atoms with Crippen molar-refractivity contribution in [3.63, 3.8) is 0 Å². The summed E-state index contributed by atoms with van der Waals surface area (Å²) in [6, 6.07) is 0. The second kappa shape index (κ2) is 4.88. The Morgan fingerprint density at radius 1 is 1.89 bits per heavy atom. The van der Waals surface area contributed by atoms with Crippen LogP contribution < -0.4 is 5.32 Å². The second-order valence-corrected chi connectivity index (χ2v) is 3.32. The van der Waals surface area contributed by atoms with E-state index in [2.05, 4.69) is 17.9 Å². The van der Waals surface area contributed by atoms with Gasteiger partial charge in [-0.25, -0.2) is 0 Å². The van der Waals surface area contributed by atoms with Crippen LogP contribution in [0.3, 0.4) is 0 Å². The summed E-state index contributed by atoms with van der Waals surface area (Å²) in [6.07, 6.45) is 1.66. The van der Waals surface area contributed by atoms with E-state index in [-0.39, 0.29) is 0 Å². The predicted molar refractivity (Wildman–Crippen MR) is 45.1 cm³/mol. The summed E-state index contributed by atoms with van der Waals surface area (Å²) in [4.78, 5) is 0. The maximum atomic E-state index is 10.6. The molecule has 0 amide bonds. The molecule has 0 aliphatic carbocycles. The smallest absolute Gasteiger partial charge is 0.0635 e. The van der Waals surface area contributed by atoms with E-state index in [0.717, 1.165) is 5.70 Å². The van der Waals surface area contributed by atoms with E-state index < -0.39 is 10.8 Å². The lowest BCUT2D eigenvalue weighted by Gasteiger charge is -2.00. The molecule has 4 heteroatoms. The van der Waals surface area contributed by atoms with Crippen molar-refractivity contribution in [1.82, 2.24) is 5.32 Å². The van der Waals surface area contributed by atoms with E-state index in [1.165, 1.54) is 0 Å². The maximum Gasteiger partial charge on any atom is 0.0635 e. The lowest BCUT2D eigenvalue weighted by molar-refractivity contribution is 0.687. The van der Waals surface area contributed by atoms with Crippen molar-refractivity contribution in [2.24, 2.45) is 0 Å². The van der Waals surface area contributed by atoms with Crippen LogP contribution in [0, 0.1) is 0 Å². The molecule has 0 saturated carbocycles. The Kier molecular flexibility index (Phi) is 4.90. The maximum absolute atomic E-state index is 10.6. The van der Waals surface area contributed by atoms with Gasteiger partial charge in [-0.1, -0.05) is 0 Å². The zero-order valence-electron chi connectivity index (χ0n) is 5.55. The standard InChI is InChI=1S/C5H11NOS2/c1-6-5(3-8)4-9(2)7/h3,6,8H,4H2,1-2H3/b5-3-. The van der Waals surface area contributed by atoms with Crippen LogP contribution in [0.5, 0.6) is 0 Å². The molecule has 1 atom stereocenters. The topological polar surface area (TPSA) is 29.1 Å². The van der Waals surface area contributed by atoms with E-state index in [1.54, 1.807) is 18.7 Å². The lowest BCUT2D eigenvalue weighted by Crippen LogP contribution is -2.11. The highest BCUT2D eigenvalue weighted by molar-refractivity contribution is 7.85. The average Bonchev–Trinajstić information content (AvgIpc) is 1.82. The van der Waals surface area contributed by atoms with Gasteiger partial charge >= 0.3 is 0 Å². The summed E-state index contributed by atoms with van der Waals surface area (Å²) >= 11 is 3.91. The van der Waals surface area contributed by atoms with Crippen molar-refractivity contribution in [3.8, 4) is 0 Å². The summed E-state index contributed by atoms with van der Waals surface area (Å²) in [6.45, 7) is 0. The summed E-state index contributed by atoms with van der Waals surface area (Å²) in [5.41, 5.74) is 0.902. The molecule has 0 heterocycles. The highest BCUT2D eigenvalue weighted by atomic mass is 32.2. The van der Waals surface area contributed by atoms with Gasteiger partial charge in [0.25, 0.3) is 0 Å². The minimum atomic E-state index is -0.775. The SMILES string of the molecule is CN/C(=C\S)CS(C)=O. The van der Waals surface area contributed by atoms with Crippen molar-refractivity contribution in [1.29, 1.82) is 0 Å². The summed E-state index contributed by atoms with van der Waals surface area (Å²) in [5.74, 6) is 0.556. The molecule has 0 radical (unpaired) electrons. The fourth-order valence-electron chi connectivity index (χ4n) is 0.393. The van der Waals surface area contributed by atoms with Crippen molar-refractivity contribution < 1.29 is 4.21 Å². The van der Waals surface area contributed by atoms with Crippen LogP contribution in [0.15, 0.2) is 11.1 Å². The molecule has 1 N–H and O–H groups in total. The molecule has 0 aromatic carbocycles. The van der Waals surface area contributed by atoms with Gasteiger partial charge in [0.05, 0.1) is 5.75 Å². The Morgan fingerprint density at radius 2 is 2.44 bits per heavy atom. The van der Waals surface area contributed by atoms with Gasteiger partial charge in [-0.05, 0) is 5.41 Å². The molecule has 0 rings (SSSR count). The fraction of sp³-hybridized carbons (Fsp3) is 0.600. The number of thiol groups is 1. The quantitative estimate of drug-likeness (QED) is 0.591. The molecular weight excluding hydrogens is 154 g/mol. The van der Waals surface area contributed by atoms with Crippen LogP contribution in [0.2, 0.25) is 0 Å². The van der Waals surface area contributed by atoms with E-state index in [4.69, 9.17) is 0 Å². The molecule has 0 fully saturated rings. The monoisotopic (exact) mass is 165 g/mol. The Bertz CT molecular complexity index is 133. The molecular formula is C5H11NOS2. The average molecular weight is 165 g/mol. The van der Waals surface area contributed by atoms with E-state index >= 15 is 0 Å². The van der Waals surface area contributed by atoms with E-state index in [9.17, 15) is 4.21 Å². The first kappa shape index (κ1) is 9.04. The molecule has 2 nitrogen and oxygen atoms in total. The van der Waals surface area contributed by atoms with Crippen LogP contribution in [0.1, 0.15) is 0 Å². The van der Waals surface area contributed by atoms with Crippen LogP contribution in [-0.4, -0.2) is 23.3 Å². The third-order valence-electron chi connectivity index (χ3n) is 0.836. The predicted octanol–water partition coefficient (Wildman–Crippen LogP) is 0.356. The van der Waals surface area contributed by atoms with Crippen molar-refractivity contribution in [3.05, 3.63) is 11.1 Å². The fourth-order valence-corrected chi connectivity index (χ4v) is 1.40. The molecule has 0 aliphatic rings. The third kappa shape index (κ3) is 4.54. The minimum Gasteiger partial charge on any atom is -0.390 e. The molecule has 54 valence electrons. The Morgan fingerprint density at radius 3 is 2.56 bits per heavy atom. The van der Waals surface area contributed by atoms with E-state index in [0.29, 0.717) is 5.75 Å². The summed E-state index contributed by atoms with van der Waals surface area (Å²) in [7, 11) is 1.01. The molecule has 0 aromatic rings. The highest BCUT2D eigenvalue weighted by Crippen LogP contribution is 1.92. The molecule has 0 saturated heterocycles. The van der Waals surface area contributed by atoms with E-state index in [1.807, 2.05) is 0 Å². The van der Waals surface area contributed by atoms with Crippen LogP contribution in [0.4, 0.5) is 0 Å². The van der Waals surface area contributed by atoms with Gasteiger partial charge in [-0.15, -0.1) is 12.6 Å². The molecule has 0 aliphatic heterocycles. The zero-order chi connectivity index (χ0) is 7.28. The molecule has 9 heavy (non-hydrogen) atoms. The largest absolute Gasteiger partial charge is 0.390 e. The minimum absolute atomic E-state index is 0.556.